The van der Waals surface area contributed by atoms with Crippen molar-refractivity contribution in [1.29, 1.82) is 0 Å². The molecule has 5 rings (SSSR count). The molecule has 1 heterocycles. The van der Waals surface area contributed by atoms with Crippen LogP contribution in [0.2, 0.25) is 0 Å². The Bertz CT molecular complexity index is 1470. The number of benzene rings is 4. The highest BCUT2D eigenvalue weighted by Crippen LogP contribution is 2.36. The van der Waals surface area contributed by atoms with Gasteiger partial charge in [-0.1, -0.05) is 90.5 Å². The lowest BCUT2D eigenvalue weighted by molar-refractivity contribution is -0.121. The zero-order valence-corrected chi connectivity index (χ0v) is 21.4. The fourth-order valence-corrected chi connectivity index (χ4v) is 4.87. The zero-order valence-electron chi connectivity index (χ0n) is 21.4. The molecule has 0 radical (unpaired) electrons. The van der Waals surface area contributed by atoms with Crippen molar-refractivity contribution in [1.82, 2.24) is 9.88 Å². The van der Waals surface area contributed by atoms with Crippen molar-refractivity contribution in [2.45, 2.75) is 32.4 Å². The maximum absolute atomic E-state index is 13.2. The third-order valence-corrected chi connectivity index (χ3v) is 6.91. The molecule has 1 atom stereocenters. The Balaban J connectivity index is 1.49. The van der Waals surface area contributed by atoms with Crippen molar-refractivity contribution in [3.05, 3.63) is 137 Å². The molecule has 4 heteroatoms. The highest BCUT2D eigenvalue weighted by Gasteiger charge is 2.23. The molecule has 1 N–H and O–H groups in total. The number of aromatic nitrogens is 1. The highest BCUT2D eigenvalue weighted by atomic mass is 16.5. The number of carbonyl (C=O) groups excluding carboxylic acids is 1. The number of nitrogens with zero attached hydrogens (tertiary/aromatic N) is 1. The normalized spacial score (nSPS) is 11.8. The second-order valence-electron chi connectivity index (χ2n) is 9.51. The molecule has 0 aliphatic rings. The topological polar surface area (TPSA) is 43.3 Å². The molecule has 0 spiro atoms. The number of para-hydroxylation sites is 1. The molecule has 1 amide bonds. The van der Waals surface area contributed by atoms with Gasteiger partial charge in [-0.15, -0.1) is 0 Å². The van der Waals surface area contributed by atoms with Gasteiger partial charge < -0.3 is 14.6 Å². The van der Waals surface area contributed by atoms with Crippen LogP contribution in [-0.4, -0.2) is 17.6 Å². The fourth-order valence-electron chi connectivity index (χ4n) is 4.87. The van der Waals surface area contributed by atoms with Crippen LogP contribution in [0.15, 0.2) is 109 Å². The molecule has 0 saturated carbocycles. The first-order valence-electron chi connectivity index (χ1n) is 12.7. The monoisotopic (exact) mass is 488 g/mol. The summed E-state index contributed by atoms with van der Waals surface area (Å²) in [5.41, 5.74) is 7.01. The number of hydrogen-bond donors (Lipinski definition) is 1. The number of fused-ring (bicyclic) bond motifs is 1. The number of amides is 1. The van der Waals surface area contributed by atoms with E-state index >= 15 is 0 Å². The number of nitrogens with one attached hydrogen (secondary N) is 1. The van der Waals surface area contributed by atoms with E-state index in [0.29, 0.717) is 13.0 Å². The van der Waals surface area contributed by atoms with Crippen LogP contribution in [-0.2, 0) is 17.9 Å². The molecule has 0 fully saturated rings. The first-order valence-corrected chi connectivity index (χ1v) is 12.7. The first kappa shape index (κ1) is 24.4. The molecule has 37 heavy (non-hydrogen) atoms. The summed E-state index contributed by atoms with van der Waals surface area (Å²) in [5.74, 6) is 0.740. The molecule has 5 aromatic rings. The molecule has 0 bridgehead atoms. The zero-order chi connectivity index (χ0) is 25.6. The van der Waals surface area contributed by atoms with Crippen LogP contribution >= 0.6 is 0 Å². The van der Waals surface area contributed by atoms with E-state index in [-0.39, 0.29) is 11.8 Å². The van der Waals surface area contributed by atoms with E-state index in [0.717, 1.165) is 29.0 Å². The van der Waals surface area contributed by atoms with Gasteiger partial charge in [0.1, 0.15) is 5.75 Å². The predicted molar refractivity (Wildman–Crippen MR) is 150 cm³/mol. The molecule has 0 aliphatic heterocycles. The molecule has 1 unspecified atom stereocenters. The van der Waals surface area contributed by atoms with E-state index in [1.807, 2.05) is 42.5 Å². The van der Waals surface area contributed by atoms with Crippen LogP contribution in [0, 0.1) is 6.92 Å². The van der Waals surface area contributed by atoms with E-state index in [2.05, 4.69) is 83.7 Å². The van der Waals surface area contributed by atoms with Crippen molar-refractivity contribution >= 4 is 16.8 Å². The third-order valence-electron chi connectivity index (χ3n) is 6.91. The Morgan fingerprint density at radius 3 is 2.27 bits per heavy atom. The van der Waals surface area contributed by atoms with Crippen molar-refractivity contribution in [3.8, 4) is 5.75 Å². The number of rotatable bonds is 9. The van der Waals surface area contributed by atoms with Gasteiger partial charge in [0.15, 0.2) is 0 Å². The van der Waals surface area contributed by atoms with Gasteiger partial charge in [-0.3, -0.25) is 4.79 Å². The van der Waals surface area contributed by atoms with Crippen LogP contribution in [0.5, 0.6) is 5.75 Å². The minimum atomic E-state index is -0.0918. The number of ether oxygens (including phenoxy) is 1. The molecule has 186 valence electrons. The van der Waals surface area contributed by atoms with E-state index < -0.39 is 0 Å². The van der Waals surface area contributed by atoms with Gasteiger partial charge >= 0.3 is 0 Å². The molecular formula is C33H32N2O2. The lowest BCUT2D eigenvalue weighted by atomic mass is 9.88. The summed E-state index contributed by atoms with van der Waals surface area (Å²) in [5, 5.41) is 4.29. The Kier molecular flexibility index (Phi) is 7.36. The smallest absolute Gasteiger partial charge is 0.221 e. The number of carbonyl (C=O) groups is 1. The minimum Gasteiger partial charge on any atom is -0.497 e. The van der Waals surface area contributed by atoms with Gasteiger partial charge in [0.25, 0.3) is 0 Å². The van der Waals surface area contributed by atoms with E-state index in [1.165, 1.54) is 22.0 Å². The number of methoxy groups -OCH3 is 1. The molecule has 1 aromatic heterocycles. The van der Waals surface area contributed by atoms with Crippen LogP contribution in [0.25, 0.3) is 10.9 Å². The Labute approximate surface area is 218 Å². The van der Waals surface area contributed by atoms with Crippen molar-refractivity contribution in [3.63, 3.8) is 0 Å². The molecule has 4 aromatic carbocycles. The summed E-state index contributed by atoms with van der Waals surface area (Å²) in [6, 6.07) is 35.2. The Morgan fingerprint density at radius 2 is 1.54 bits per heavy atom. The fraction of sp³-hybridized carbons (Fsp3) is 0.182. The maximum Gasteiger partial charge on any atom is 0.221 e. The van der Waals surface area contributed by atoms with Gasteiger partial charge in [-0.05, 0) is 47.4 Å². The number of hydrogen-bond acceptors (Lipinski definition) is 2. The van der Waals surface area contributed by atoms with Crippen LogP contribution in [0.3, 0.4) is 0 Å². The van der Waals surface area contributed by atoms with Crippen LogP contribution in [0.4, 0.5) is 0 Å². The van der Waals surface area contributed by atoms with Crippen molar-refractivity contribution < 1.29 is 9.53 Å². The van der Waals surface area contributed by atoms with E-state index in [9.17, 15) is 4.79 Å². The summed E-state index contributed by atoms with van der Waals surface area (Å²) in [7, 11) is 1.67. The maximum atomic E-state index is 13.2. The van der Waals surface area contributed by atoms with Gasteiger partial charge in [-0.25, -0.2) is 0 Å². The van der Waals surface area contributed by atoms with Gasteiger partial charge in [0.05, 0.1) is 7.11 Å². The van der Waals surface area contributed by atoms with Crippen LogP contribution < -0.4 is 10.1 Å². The lowest BCUT2D eigenvalue weighted by Gasteiger charge is -2.18. The Morgan fingerprint density at radius 1 is 0.838 bits per heavy atom. The second-order valence-corrected chi connectivity index (χ2v) is 9.51. The first-order chi connectivity index (χ1) is 18.1. The highest BCUT2D eigenvalue weighted by molar-refractivity contribution is 5.87. The van der Waals surface area contributed by atoms with Crippen LogP contribution in [0.1, 0.15) is 40.2 Å². The molecular weight excluding hydrogens is 456 g/mol. The van der Waals surface area contributed by atoms with E-state index in [1.54, 1.807) is 7.11 Å². The summed E-state index contributed by atoms with van der Waals surface area (Å²) in [6.07, 6.45) is 2.58. The van der Waals surface area contributed by atoms with Crippen molar-refractivity contribution in [2.75, 3.05) is 7.11 Å². The van der Waals surface area contributed by atoms with Gasteiger partial charge in [0, 0.05) is 42.5 Å². The van der Waals surface area contributed by atoms with Crippen molar-refractivity contribution in [2.24, 2.45) is 0 Å². The summed E-state index contributed by atoms with van der Waals surface area (Å²) >= 11 is 0. The largest absolute Gasteiger partial charge is 0.497 e. The SMILES string of the molecule is COc1ccc(C(CC(=O)NCc2ccccc2)c2cn(Cc3ccc(C)cc3)c3ccccc23)cc1. The standard InChI is InChI=1S/C33H32N2O2/c1-24-12-14-26(15-13-24)22-35-23-31(29-10-6-7-11-32(29)35)30(27-16-18-28(37-2)19-17-27)20-33(36)34-21-25-8-4-3-5-9-25/h3-19,23,30H,20-22H2,1-2H3,(H,34,36). The van der Waals surface area contributed by atoms with Gasteiger partial charge in [0.2, 0.25) is 5.91 Å². The third kappa shape index (κ3) is 5.75. The summed E-state index contributed by atoms with van der Waals surface area (Å²) < 4.78 is 7.69. The summed E-state index contributed by atoms with van der Waals surface area (Å²) in [4.78, 5) is 13.2. The summed E-state index contributed by atoms with van der Waals surface area (Å²) in [6.45, 7) is 3.40. The average molecular weight is 489 g/mol. The number of aryl methyl sites for hydroxylation is 1. The van der Waals surface area contributed by atoms with E-state index in [4.69, 9.17) is 4.74 Å². The quantitative estimate of drug-likeness (QED) is 0.247. The Hall–Kier alpha value is -4.31. The molecule has 0 saturated heterocycles. The second kappa shape index (κ2) is 11.2. The average Bonchev–Trinajstić information content (AvgIpc) is 3.30. The lowest BCUT2D eigenvalue weighted by Crippen LogP contribution is -2.25. The minimum absolute atomic E-state index is 0.0278. The molecule has 4 nitrogen and oxygen atoms in total. The predicted octanol–water partition coefficient (Wildman–Crippen LogP) is 6.85. The van der Waals surface area contributed by atoms with Gasteiger partial charge in [-0.2, -0.15) is 0 Å². The molecule has 0 aliphatic carbocycles.